The van der Waals surface area contributed by atoms with Crippen molar-refractivity contribution in [3.8, 4) is 5.75 Å². The van der Waals surface area contributed by atoms with Crippen molar-refractivity contribution in [3.63, 3.8) is 0 Å². The zero-order valence-corrected chi connectivity index (χ0v) is 12.7. The van der Waals surface area contributed by atoms with Gasteiger partial charge in [-0.2, -0.15) is 0 Å². The average Bonchev–Trinajstić information content (AvgIpc) is 2.89. The Morgan fingerprint density at radius 2 is 2.21 bits per heavy atom. The molecule has 0 atom stereocenters. The number of halogens is 1. The molecule has 0 aliphatic rings. The highest BCUT2D eigenvalue weighted by atomic mass is 79.9. The zero-order chi connectivity index (χ0) is 13.8. The van der Waals surface area contributed by atoms with Gasteiger partial charge in [0.1, 0.15) is 10.6 Å². The second-order valence-electron chi connectivity index (χ2n) is 3.49. The van der Waals surface area contributed by atoms with Crippen LogP contribution in [0.4, 0.5) is 10.8 Å². The summed E-state index contributed by atoms with van der Waals surface area (Å²) in [6.07, 6.45) is 1.48. The molecule has 0 spiro atoms. The summed E-state index contributed by atoms with van der Waals surface area (Å²) in [6.45, 7) is 0. The van der Waals surface area contributed by atoms with Gasteiger partial charge in [-0.1, -0.05) is 11.3 Å². The Hall–Kier alpha value is -1.60. The first kappa shape index (κ1) is 13.8. The van der Waals surface area contributed by atoms with Gasteiger partial charge in [0.05, 0.1) is 26.1 Å². The smallest absolute Gasteiger partial charge is 0.349 e. The van der Waals surface area contributed by atoms with E-state index in [2.05, 4.69) is 31.0 Å². The fraction of sp³-hybridized carbons (Fsp3) is 0.167. The number of anilines is 2. The molecular weight excluding hydrogens is 332 g/mol. The number of hydrogen-bond acceptors (Lipinski definition) is 6. The Morgan fingerprint density at radius 1 is 1.42 bits per heavy atom. The number of rotatable bonds is 4. The summed E-state index contributed by atoms with van der Waals surface area (Å²) in [4.78, 5) is 15.9. The normalized spacial score (nSPS) is 10.1. The Morgan fingerprint density at radius 3 is 2.89 bits per heavy atom. The number of carbonyl (C=O) groups excluding carboxylic acids is 1. The van der Waals surface area contributed by atoms with Gasteiger partial charge < -0.3 is 14.8 Å². The topological polar surface area (TPSA) is 60.5 Å². The summed E-state index contributed by atoms with van der Waals surface area (Å²) >= 11 is 4.66. The van der Waals surface area contributed by atoms with Crippen LogP contribution in [0.1, 0.15) is 9.67 Å². The van der Waals surface area contributed by atoms with Crippen LogP contribution in [0.15, 0.2) is 28.9 Å². The van der Waals surface area contributed by atoms with Crippen molar-refractivity contribution in [1.29, 1.82) is 0 Å². The molecule has 7 heteroatoms. The molecule has 0 amide bonds. The molecule has 1 heterocycles. The summed E-state index contributed by atoms with van der Waals surface area (Å²) in [5.41, 5.74) is 0.810. The van der Waals surface area contributed by atoms with E-state index in [0.717, 1.165) is 15.9 Å². The van der Waals surface area contributed by atoms with Gasteiger partial charge in [-0.25, -0.2) is 9.78 Å². The third kappa shape index (κ3) is 3.24. The van der Waals surface area contributed by atoms with E-state index >= 15 is 0 Å². The van der Waals surface area contributed by atoms with Crippen LogP contribution in [-0.4, -0.2) is 25.2 Å². The molecule has 0 aliphatic heterocycles. The van der Waals surface area contributed by atoms with Crippen molar-refractivity contribution < 1.29 is 14.3 Å². The van der Waals surface area contributed by atoms with Crippen molar-refractivity contribution in [3.05, 3.63) is 33.7 Å². The predicted molar refractivity (Wildman–Crippen MR) is 77.4 cm³/mol. The van der Waals surface area contributed by atoms with Gasteiger partial charge in [-0.3, -0.25) is 0 Å². The van der Waals surface area contributed by atoms with Gasteiger partial charge in [0.15, 0.2) is 5.13 Å². The first-order chi connectivity index (χ1) is 9.13. The molecule has 0 fully saturated rings. The first-order valence-corrected chi connectivity index (χ1v) is 6.89. The summed E-state index contributed by atoms with van der Waals surface area (Å²) in [7, 11) is 2.94. The lowest BCUT2D eigenvalue weighted by Crippen LogP contribution is -1.96. The van der Waals surface area contributed by atoms with Crippen LogP contribution in [0.2, 0.25) is 0 Å². The van der Waals surface area contributed by atoms with Crippen LogP contribution in [0.3, 0.4) is 0 Å². The number of methoxy groups -OCH3 is 2. The van der Waals surface area contributed by atoms with Crippen LogP contribution < -0.4 is 10.1 Å². The number of esters is 1. The number of nitrogens with zero attached hydrogens (tertiary/aromatic N) is 1. The Labute approximate surface area is 122 Å². The van der Waals surface area contributed by atoms with Crippen LogP contribution in [-0.2, 0) is 4.74 Å². The highest BCUT2D eigenvalue weighted by Crippen LogP contribution is 2.31. The van der Waals surface area contributed by atoms with E-state index in [1.54, 1.807) is 7.11 Å². The average molecular weight is 343 g/mol. The molecule has 0 aliphatic carbocycles. The Kier molecular flexibility index (Phi) is 4.39. The molecule has 0 bridgehead atoms. The summed E-state index contributed by atoms with van der Waals surface area (Å²) in [6, 6.07) is 5.55. The van der Waals surface area contributed by atoms with Gasteiger partial charge in [0.25, 0.3) is 0 Å². The van der Waals surface area contributed by atoms with Crippen LogP contribution in [0.5, 0.6) is 5.75 Å². The van der Waals surface area contributed by atoms with E-state index in [1.165, 1.54) is 24.6 Å². The Bertz CT molecular complexity index is 600. The van der Waals surface area contributed by atoms with E-state index in [0.29, 0.717) is 10.0 Å². The lowest BCUT2D eigenvalue weighted by molar-refractivity contribution is 0.0606. The van der Waals surface area contributed by atoms with Gasteiger partial charge in [0.2, 0.25) is 0 Å². The van der Waals surface area contributed by atoms with Crippen molar-refractivity contribution in [2.75, 3.05) is 19.5 Å². The summed E-state index contributed by atoms with van der Waals surface area (Å²) in [5, 5.41) is 3.72. The quantitative estimate of drug-likeness (QED) is 0.862. The SMILES string of the molecule is COC(=O)c1cnc(Nc2cc(OC)ccc2Br)s1. The molecule has 1 aromatic carbocycles. The maximum absolute atomic E-state index is 11.3. The van der Waals surface area contributed by atoms with Gasteiger partial charge in [0, 0.05) is 10.5 Å². The highest BCUT2D eigenvalue weighted by molar-refractivity contribution is 9.10. The zero-order valence-electron chi connectivity index (χ0n) is 10.3. The molecule has 1 N–H and O–H groups in total. The lowest BCUT2D eigenvalue weighted by atomic mass is 10.3. The largest absolute Gasteiger partial charge is 0.497 e. The fourth-order valence-corrected chi connectivity index (χ4v) is 2.46. The van der Waals surface area contributed by atoms with Crippen LogP contribution >= 0.6 is 27.3 Å². The second-order valence-corrected chi connectivity index (χ2v) is 5.38. The molecule has 5 nitrogen and oxygen atoms in total. The molecule has 1 aromatic heterocycles. The number of ether oxygens (including phenoxy) is 2. The standard InChI is InChI=1S/C12H11BrN2O3S/c1-17-7-3-4-8(13)9(5-7)15-12-14-6-10(19-12)11(16)18-2/h3-6H,1-2H3,(H,14,15). The number of nitrogens with one attached hydrogen (secondary N) is 1. The van der Waals surface area contributed by atoms with Gasteiger partial charge >= 0.3 is 5.97 Å². The number of benzene rings is 1. The minimum absolute atomic E-state index is 0.393. The van der Waals surface area contributed by atoms with Gasteiger partial charge in [-0.05, 0) is 28.1 Å². The van der Waals surface area contributed by atoms with E-state index in [1.807, 2.05) is 18.2 Å². The molecule has 0 radical (unpaired) electrons. The van der Waals surface area contributed by atoms with E-state index in [4.69, 9.17) is 4.74 Å². The summed E-state index contributed by atoms with van der Waals surface area (Å²) in [5.74, 6) is 0.339. The van der Waals surface area contributed by atoms with E-state index in [9.17, 15) is 4.79 Å². The third-order valence-electron chi connectivity index (χ3n) is 2.31. The van der Waals surface area contributed by atoms with E-state index in [-0.39, 0.29) is 0 Å². The minimum atomic E-state index is -0.393. The number of thiazole rings is 1. The molecule has 0 saturated heterocycles. The van der Waals surface area contributed by atoms with E-state index < -0.39 is 5.97 Å². The number of hydrogen-bond donors (Lipinski definition) is 1. The molecule has 100 valence electrons. The Balaban J connectivity index is 2.21. The first-order valence-electron chi connectivity index (χ1n) is 5.28. The molecule has 2 aromatic rings. The maximum Gasteiger partial charge on any atom is 0.349 e. The molecule has 2 rings (SSSR count). The van der Waals surface area contributed by atoms with Crippen molar-refractivity contribution >= 4 is 44.1 Å². The summed E-state index contributed by atoms with van der Waals surface area (Å²) < 4.78 is 10.7. The maximum atomic E-state index is 11.3. The van der Waals surface area contributed by atoms with Crippen molar-refractivity contribution in [2.45, 2.75) is 0 Å². The van der Waals surface area contributed by atoms with Crippen LogP contribution in [0, 0.1) is 0 Å². The third-order valence-corrected chi connectivity index (χ3v) is 3.89. The fourth-order valence-electron chi connectivity index (χ4n) is 1.37. The molecular formula is C12H11BrN2O3S. The lowest BCUT2D eigenvalue weighted by Gasteiger charge is -2.07. The van der Waals surface area contributed by atoms with Crippen molar-refractivity contribution in [2.24, 2.45) is 0 Å². The van der Waals surface area contributed by atoms with Crippen LogP contribution in [0.25, 0.3) is 0 Å². The second kappa shape index (κ2) is 6.03. The predicted octanol–water partition coefficient (Wildman–Crippen LogP) is 3.44. The monoisotopic (exact) mass is 342 g/mol. The van der Waals surface area contributed by atoms with Gasteiger partial charge in [-0.15, -0.1) is 0 Å². The molecule has 19 heavy (non-hydrogen) atoms. The molecule has 0 unspecified atom stereocenters. The van der Waals surface area contributed by atoms with Crippen molar-refractivity contribution in [1.82, 2.24) is 4.98 Å². The minimum Gasteiger partial charge on any atom is -0.497 e. The molecule has 0 saturated carbocycles. The number of aromatic nitrogens is 1. The number of carbonyl (C=O) groups is 1. The highest BCUT2D eigenvalue weighted by Gasteiger charge is 2.11.